The molecule has 2 aromatic carbocycles. The van der Waals surface area contributed by atoms with Gasteiger partial charge in [-0.15, -0.1) is 0 Å². The third-order valence-electron chi connectivity index (χ3n) is 5.63. The van der Waals surface area contributed by atoms with Crippen molar-refractivity contribution in [1.82, 2.24) is 14.1 Å². The average molecular weight is 549 g/mol. The van der Waals surface area contributed by atoms with Crippen LogP contribution in [0.5, 0.6) is 5.75 Å². The predicted molar refractivity (Wildman–Crippen MR) is 137 cm³/mol. The summed E-state index contributed by atoms with van der Waals surface area (Å²) >= 11 is 12.6. The van der Waals surface area contributed by atoms with Gasteiger partial charge in [0.2, 0.25) is 0 Å². The first-order chi connectivity index (χ1) is 17.2. The van der Waals surface area contributed by atoms with Crippen LogP contribution in [0.15, 0.2) is 60.0 Å². The zero-order valence-corrected chi connectivity index (χ0v) is 21.4. The molecule has 0 saturated heterocycles. The van der Waals surface area contributed by atoms with E-state index in [9.17, 15) is 13.2 Å². The fourth-order valence-corrected chi connectivity index (χ4v) is 5.26. The minimum atomic E-state index is -4.00. The van der Waals surface area contributed by atoms with E-state index in [1.165, 1.54) is 31.6 Å². The van der Waals surface area contributed by atoms with Gasteiger partial charge in [0.1, 0.15) is 5.75 Å². The number of ether oxygens (including phenoxy) is 1. The minimum Gasteiger partial charge on any atom is -0.497 e. The molecule has 0 fully saturated rings. The number of aromatic carboxylic acids is 1. The third kappa shape index (κ3) is 5.79. The van der Waals surface area contributed by atoms with E-state index in [1.807, 2.05) is 6.07 Å². The van der Waals surface area contributed by atoms with Gasteiger partial charge in [-0.25, -0.2) is 4.79 Å². The van der Waals surface area contributed by atoms with Crippen molar-refractivity contribution in [3.63, 3.8) is 0 Å². The van der Waals surface area contributed by atoms with Crippen LogP contribution in [-0.4, -0.2) is 48.3 Å². The summed E-state index contributed by atoms with van der Waals surface area (Å²) in [5.41, 5.74) is 3.51. The number of halogens is 2. The highest BCUT2D eigenvalue weighted by Gasteiger charge is 2.28. The summed E-state index contributed by atoms with van der Waals surface area (Å²) in [6.07, 6.45) is 3.51. The van der Waals surface area contributed by atoms with Crippen LogP contribution < -0.4 is 9.46 Å². The summed E-state index contributed by atoms with van der Waals surface area (Å²) in [6, 6.07) is 11.6. The van der Waals surface area contributed by atoms with E-state index in [0.29, 0.717) is 33.5 Å². The van der Waals surface area contributed by atoms with Crippen LogP contribution in [0.4, 0.5) is 0 Å². The Morgan fingerprint density at radius 1 is 1.14 bits per heavy atom. The minimum absolute atomic E-state index is 0.0104. The number of nitrogens with zero attached hydrogens (tertiary/aromatic N) is 3. The normalized spacial score (nSPS) is 13.2. The highest BCUT2D eigenvalue weighted by molar-refractivity contribution is 7.87. The van der Waals surface area contributed by atoms with Gasteiger partial charge in [-0.3, -0.25) is 4.98 Å². The van der Waals surface area contributed by atoms with Crippen molar-refractivity contribution < 1.29 is 23.1 Å². The molecule has 36 heavy (non-hydrogen) atoms. The van der Waals surface area contributed by atoms with E-state index < -0.39 is 16.2 Å². The molecule has 188 valence electrons. The number of hydrogen-bond donors (Lipinski definition) is 2. The molecule has 0 radical (unpaired) electrons. The maximum Gasteiger partial charge on any atom is 0.335 e. The summed E-state index contributed by atoms with van der Waals surface area (Å²) in [7, 11) is -2.46. The van der Waals surface area contributed by atoms with E-state index in [1.54, 1.807) is 24.3 Å². The Kier molecular flexibility index (Phi) is 7.79. The van der Waals surface area contributed by atoms with Crippen LogP contribution in [0.25, 0.3) is 0 Å². The summed E-state index contributed by atoms with van der Waals surface area (Å²) < 4.78 is 35.2. The highest BCUT2D eigenvalue weighted by atomic mass is 35.5. The lowest BCUT2D eigenvalue weighted by atomic mass is 9.96. The summed E-state index contributed by atoms with van der Waals surface area (Å²) in [5, 5.41) is 14.2. The second-order valence-electron chi connectivity index (χ2n) is 7.96. The van der Waals surface area contributed by atoms with Gasteiger partial charge < -0.3 is 9.84 Å². The van der Waals surface area contributed by atoms with Crippen molar-refractivity contribution in [3.8, 4) is 5.75 Å². The molecule has 1 aliphatic rings. The van der Waals surface area contributed by atoms with Gasteiger partial charge in [0.05, 0.1) is 35.0 Å². The number of methoxy groups -OCH3 is 1. The lowest BCUT2D eigenvalue weighted by Crippen LogP contribution is -2.41. The molecule has 1 aromatic heterocycles. The Balaban J connectivity index is 1.57. The number of nitrogens with one attached hydrogen (secondary N) is 1. The molecule has 0 aliphatic carbocycles. The number of benzene rings is 2. The number of carboxylic acid groups (broad SMARTS) is 1. The first-order valence-corrected chi connectivity index (χ1v) is 13.0. The van der Waals surface area contributed by atoms with Crippen LogP contribution in [0.1, 0.15) is 32.6 Å². The van der Waals surface area contributed by atoms with Gasteiger partial charge in [0, 0.05) is 30.9 Å². The Morgan fingerprint density at radius 2 is 1.83 bits per heavy atom. The number of carboxylic acids is 1. The van der Waals surface area contributed by atoms with Crippen LogP contribution in [0.3, 0.4) is 0 Å². The largest absolute Gasteiger partial charge is 0.497 e. The van der Waals surface area contributed by atoms with Crippen molar-refractivity contribution >= 4 is 45.1 Å². The number of pyridine rings is 1. The molecule has 0 unspecified atom stereocenters. The number of carbonyl (C=O) groups is 1. The zero-order chi connectivity index (χ0) is 25.9. The second kappa shape index (κ2) is 10.8. The molecule has 0 saturated carbocycles. The maximum atomic E-state index is 13.2. The third-order valence-corrected chi connectivity index (χ3v) is 7.62. The summed E-state index contributed by atoms with van der Waals surface area (Å²) in [6.45, 7) is 0.111. The van der Waals surface area contributed by atoms with Crippen LogP contribution >= 0.6 is 23.2 Å². The fraction of sp³-hybridized carbons (Fsp3) is 0.208. The van der Waals surface area contributed by atoms with Gasteiger partial charge in [-0.2, -0.15) is 22.7 Å². The molecule has 9 nitrogen and oxygen atoms in total. The molecule has 2 N–H and O–H groups in total. The van der Waals surface area contributed by atoms with Gasteiger partial charge in [0.25, 0.3) is 0 Å². The smallest absolute Gasteiger partial charge is 0.335 e. The monoisotopic (exact) mass is 548 g/mol. The van der Waals surface area contributed by atoms with Crippen LogP contribution in [0.2, 0.25) is 10.0 Å². The number of rotatable bonds is 9. The Morgan fingerprint density at radius 3 is 2.47 bits per heavy atom. The number of fused-ring (bicyclic) bond motifs is 1. The quantitative estimate of drug-likeness (QED) is 0.417. The second-order valence-corrected chi connectivity index (χ2v) is 10.4. The molecule has 3 aromatic rings. The lowest BCUT2D eigenvalue weighted by molar-refractivity contribution is 0.0697. The van der Waals surface area contributed by atoms with Gasteiger partial charge in [-0.1, -0.05) is 35.3 Å². The maximum absolute atomic E-state index is 13.2. The van der Waals surface area contributed by atoms with Crippen molar-refractivity contribution in [3.05, 3.63) is 92.7 Å². The molecule has 0 spiro atoms. The molecule has 0 atom stereocenters. The van der Waals surface area contributed by atoms with Gasteiger partial charge in [-0.05, 0) is 53.4 Å². The van der Waals surface area contributed by atoms with E-state index in [2.05, 4.69) is 14.8 Å². The Bertz CT molecular complexity index is 1410. The van der Waals surface area contributed by atoms with E-state index in [4.69, 9.17) is 33.0 Å². The van der Waals surface area contributed by atoms with Crippen molar-refractivity contribution in [2.24, 2.45) is 5.10 Å². The summed E-state index contributed by atoms with van der Waals surface area (Å²) in [5.74, 6) is -0.433. The molecule has 1 aliphatic heterocycles. The average Bonchev–Trinajstić information content (AvgIpc) is 2.86. The Hall–Kier alpha value is -3.18. The standard InChI is InChI=1S/C24H22Cl2N4O5S/c1-35-18-6-7-19-17(10-18)14-30(29-23(19)11-20-21(25)12-27-13-22(20)26)36(33,34)28-9-8-15-2-4-16(5-3-15)24(31)32/h2-7,10,12-13,28H,8-9,11,14H2,1H3,(H,31,32). The Labute approximate surface area is 218 Å². The van der Waals surface area contributed by atoms with Crippen molar-refractivity contribution in [2.75, 3.05) is 13.7 Å². The molecule has 2 heterocycles. The zero-order valence-electron chi connectivity index (χ0n) is 19.1. The number of aromatic nitrogens is 1. The first-order valence-electron chi connectivity index (χ1n) is 10.8. The van der Waals surface area contributed by atoms with Crippen LogP contribution in [-0.2, 0) is 29.6 Å². The topological polar surface area (TPSA) is 121 Å². The molecule has 12 heteroatoms. The molecular weight excluding hydrogens is 527 g/mol. The SMILES string of the molecule is COc1ccc2c(c1)CN(S(=O)(=O)NCCc1ccc(C(=O)O)cc1)N=C2Cc1c(Cl)cncc1Cl. The summed E-state index contributed by atoms with van der Waals surface area (Å²) in [4.78, 5) is 15.0. The molecule has 4 rings (SSSR count). The van der Waals surface area contributed by atoms with Gasteiger partial charge >= 0.3 is 16.2 Å². The van der Waals surface area contributed by atoms with E-state index >= 15 is 0 Å². The number of hydrazone groups is 1. The van der Waals surface area contributed by atoms with Crippen molar-refractivity contribution in [2.45, 2.75) is 19.4 Å². The highest BCUT2D eigenvalue weighted by Crippen LogP contribution is 2.30. The number of hydrogen-bond acceptors (Lipinski definition) is 6. The predicted octanol–water partition coefficient (Wildman–Crippen LogP) is 3.93. The fourth-order valence-electron chi connectivity index (χ4n) is 3.74. The van der Waals surface area contributed by atoms with Crippen LogP contribution in [0, 0.1) is 0 Å². The molecule has 0 bridgehead atoms. The van der Waals surface area contributed by atoms with Gasteiger partial charge in [0.15, 0.2) is 0 Å². The molecular formula is C24H22Cl2N4O5S. The molecule has 0 amide bonds. The van der Waals surface area contributed by atoms with Crippen molar-refractivity contribution in [1.29, 1.82) is 0 Å². The van der Waals surface area contributed by atoms with E-state index in [0.717, 1.165) is 21.1 Å². The first kappa shape index (κ1) is 25.9. The van der Waals surface area contributed by atoms with E-state index in [-0.39, 0.29) is 25.1 Å². The lowest BCUT2D eigenvalue weighted by Gasteiger charge is -2.27.